The molecular weight excluding hydrogens is 527 g/mol. The molecule has 2 heterocycles. The number of aryl methyl sites for hydroxylation is 1. The van der Waals surface area contributed by atoms with Gasteiger partial charge >= 0.3 is 0 Å². The molecule has 0 unspecified atom stereocenters. The van der Waals surface area contributed by atoms with Crippen molar-refractivity contribution >= 4 is 57.2 Å². The van der Waals surface area contributed by atoms with Gasteiger partial charge in [-0.15, -0.1) is 0 Å². The molecule has 0 aliphatic carbocycles. The highest BCUT2D eigenvalue weighted by Crippen LogP contribution is 2.44. The Balaban J connectivity index is 1.60. The lowest BCUT2D eigenvalue weighted by atomic mass is 9.33. The number of hydrogen-bond donors (Lipinski definition) is 0. The third kappa shape index (κ3) is 3.93. The fourth-order valence-electron chi connectivity index (χ4n) is 6.33. The van der Waals surface area contributed by atoms with E-state index in [4.69, 9.17) is 0 Å². The van der Waals surface area contributed by atoms with Gasteiger partial charge in [0.05, 0.1) is 46.5 Å². The van der Waals surface area contributed by atoms with Crippen molar-refractivity contribution in [1.82, 2.24) is 0 Å². The number of nitrogens with zero attached hydrogens (tertiary/aromatic N) is 6. The first kappa shape index (κ1) is 25.7. The van der Waals surface area contributed by atoms with Crippen molar-refractivity contribution in [3.8, 4) is 24.3 Å². The minimum absolute atomic E-state index is 0.230. The zero-order valence-corrected chi connectivity index (χ0v) is 23.2. The second kappa shape index (κ2) is 9.97. The number of nitriles is 4. The molecule has 7 heteroatoms. The minimum Gasteiger partial charge on any atom is -0.311 e. The van der Waals surface area contributed by atoms with Crippen LogP contribution in [-0.4, -0.2) is 6.71 Å². The van der Waals surface area contributed by atoms with E-state index in [1.54, 1.807) is 0 Å². The van der Waals surface area contributed by atoms with Crippen LogP contribution < -0.4 is 26.2 Å². The van der Waals surface area contributed by atoms with Gasteiger partial charge in [-0.2, -0.15) is 21.0 Å². The van der Waals surface area contributed by atoms with Gasteiger partial charge in [0.25, 0.3) is 6.71 Å². The molecule has 0 saturated carbocycles. The second-order valence-corrected chi connectivity index (χ2v) is 10.6. The van der Waals surface area contributed by atoms with Crippen LogP contribution in [0.3, 0.4) is 0 Å². The quantitative estimate of drug-likeness (QED) is 0.258. The Hall–Kier alpha value is -6.28. The average molecular weight is 548 g/mol. The molecule has 0 fully saturated rings. The van der Waals surface area contributed by atoms with Crippen LogP contribution in [0.25, 0.3) is 0 Å². The van der Waals surface area contributed by atoms with Gasteiger partial charge in [-0.05, 0) is 125 Å². The van der Waals surface area contributed by atoms with E-state index in [9.17, 15) is 21.0 Å². The molecule has 0 atom stereocenters. The van der Waals surface area contributed by atoms with Crippen molar-refractivity contribution < 1.29 is 0 Å². The number of benzene rings is 5. The maximum absolute atomic E-state index is 9.91. The van der Waals surface area contributed by atoms with Crippen LogP contribution in [0.15, 0.2) is 97.1 Å². The first-order chi connectivity index (χ1) is 21.1. The highest BCUT2D eigenvalue weighted by molar-refractivity contribution is 7.00. The summed E-state index contributed by atoms with van der Waals surface area (Å²) in [6, 6.07) is 40.2. The van der Waals surface area contributed by atoms with Crippen LogP contribution in [0.1, 0.15) is 34.7 Å². The maximum atomic E-state index is 9.91. The first-order valence-corrected chi connectivity index (χ1v) is 13.9. The van der Waals surface area contributed by atoms with Gasteiger partial charge in [0.15, 0.2) is 0 Å². The Kier molecular flexibility index (Phi) is 5.95. The number of anilines is 6. The van der Waals surface area contributed by atoms with Crippen LogP contribution in [-0.2, 0) is 6.42 Å². The third-order valence-electron chi connectivity index (χ3n) is 8.30. The molecular formula is C36H21BN6. The van der Waals surface area contributed by atoms with E-state index in [-0.39, 0.29) is 6.71 Å². The Morgan fingerprint density at radius 2 is 0.907 bits per heavy atom. The molecule has 5 aromatic rings. The first-order valence-electron chi connectivity index (χ1n) is 13.9. The Morgan fingerprint density at radius 1 is 0.512 bits per heavy atom. The highest BCUT2D eigenvalue weighted by atomic mass is 15.2. The number of fused-ring (bicyclic) bond motifs is 4. The molecule has 5 aromatic carbocycles. The Morgan fingerprint density at radius 3 is 1.28 bits per heavy atom. The van der Waals surface area contributed by atoms with Gasteiger partial charge in [-0.25, -0.2) is 0 Å². The smallest absolute Gasteiger partial charge is 0.252 e. The molecule has 2 aliphatic rings. The molecule has 0 radical (unpaired) electrons. The van der Waals surface area contributed by atoms with E-state index >= 15 is 0 Å². The predicted molar refractivity (Wildman–Crippen MR) is 169 cm³/mol. The average Bonchev–Trinajstić information content (AvgIpc) is 3.07. The summed E-state index contributed by atoms with van der Waals surface area (Å²) in [7, 11) is 0. The molecule has 6 nitrogen and oxygen atoms in total. The van der Waals surface area contributed by atoms with E-state index in [1.165, 1.54) is 0 Å². The van der Waals surface area contributed by atoms with Crippen molar-refractivity contribution in [3.63, 3.8) is 0 Å². The molecule has 0 saturated heterocycles. The van der Waals surface area contributed by atoms with Crippen LogP contribution in [0.5, 0.6) is 0 Å². The van der Waals surface area contributed by atoms with Crippen LogP contribution in [0.4, 0.5) is 34.1 Å². The molecule has 0 spiro atoms. The summed E-state index contributed by atoms with van der Waals surface area (Å²) < 4.78 is 0. The lowest BCUT2D eigenvalue weighted by Gasteiger charge is -2.44. The molecule has 0 aromatic heterocycles. The predicted octanol–water partition coefficient (Wildman–Crippen LogP) is 5.82. The SMILES string of the molecule is CCc1cc2c3c(c1)N(c1ccc(C#N)cc1)c1ccc(C#N)cc1B3c1cc(C#N)ccc1N2c1ccc(C#N)cc1. The zero-order chi connectivity index (χ0) is 29.7. The normalized spacial score (nSPS) is 12.2. The van der Waals surface area contributed by atoms with Gasteiger partial charge in [0.2, 0.25) is 0 Å². The third-order valence-corrected chi connectivity index (χ3v) is 8.30. The van der Waals surface area contributed by atoms with E-state index in [1.807, 2.05) is 84.9 Å². The van der Waals surface area contributed by atoms with Gasteiger partial charge in [-0.3, -0.25) is 0 Å². The Labute approximate surface area is 250 Å². The van der Waals surface area contributed by atoms with Gasteiger partial charge < -0.3 is 9.80 Å². The van der Waals surface area contributed by atoms with Crippen LogP contribution >= 0.6 is 0 Å². The molecule has 7 rings (SSSR count). The number of rotatable bonds is 3. The topological polar surface area (TPSA) is 102 Å². The molecule has 0 amide bonds. The van der Waals surface area contributed by atoms with Gasteiger partial charge in [0.1, 0.15) is 0 Å². The minimum atomic E-state index is -0.230. The zero-order valence-electron chi connectivity index (χ0n) is 23.2. The van der Waals surface area contributed by atoms with E-state index in [0.717, 1.165) is 62.5 Å². The second-order valence-electron chi connectivity index (χ2n) is 10.6. The van der Waals surface area contributed by atoms with Crippen molar-refractivity contribution in [2.24, 2.45) is 0 Å². The largest absolute Gasteiger partial charge is 0.311 e. The summed E-state index contributed by atoms with van der Waals surface area (Å²) in [4.78, 5) is 4.42. The lowest BCUT2D eigenvalue weighted by molar-refractivity contribution is 1.13. The van der Waals surface area contributed by atoms with Crippen molar-refractivity contribution in [3.05, 3.63) is 125 Å². The van der Waals surface area contributed by atoms with Crippen molar-refractivity contribution in [2.45, 2.75) is 13.3 Å². The van der Waals surface area contributed by atoms with Crippen LogP contribution in [0, 0.1) is 45.3 Å². The molecule has 0 N–H and O–H groups in total. The van der Waals surface area contributed by atoms with E-state index in [2.05, 4.69) is 53.1 Å². The maximum Gasteiger partial charge on any atom is 0.252 e. The summed E-state index contributed by atoms with van der Waals surface area (Å²) in [5, 5.41) is 38.7. The van der Waals surface area contributed by atoms with Crippen molar-refractivity contribution in [1.29, 1.82) is 21.0 Å². The van der Waals surface area contributed by atoms with Gasteiger partial charge in [-0.1, -0.05) is 6.92 Å². The summed E-state index contributed by atoms with van der Waals surface area (Å²) in [5.74, 6) is 0. The standard InChI is InChI=1S/C36H21BN6/c1-2-23-17-34-36-35(18-23)43(29-11-5-25(20-39)6-12-29)33-14-8-27(22-41)16-31(33)37(36)30-15-26(21-40)7-13-32(30)42(34)28-9-3-24(19-38)4-10-28/h3-18H,2H2,1H3. The van der Waals surface area contributed by atoms with Crippen molar-refractivity contribution in [2.75, 3.05) is 9.80 Å². The van der Waals surface area contributed by atoms with Crippen LogP contribution in [0.2, 0.25) is 0 Å². The fraction of sp³-hybridized carbons (Fsp3) is 0.0556. The number of hydrogen-bond acceptors (Lipinski definition) is 6. The summed E-state index contributed by atoms with van der Waals surface area (Å²) in [6.45, 7) is 1.91. The molecule has 0 bridgehead atoms. The van der Waals surface area contributed by atoms with E-state index in [0.29, 0.717) is 22.3 Å². The summed E-state index contributed by atoms with van der Waals surface area (Å²) in [6.07, 6.45) is 0.813. The fourth-order valence-corrected chi connectivity index (χ4v) is 6.33. The highest BCUT2D eigenvalue weighted by Gasteiger charge is 2.43. The Bertz CT molecular complexity index is 1970. The molecule has 198 valence electrons. The van der Waals surface area contributed by atoms with E-state index < -0.39 is 0 Å². The summed E-state index contributed by atoms with van der Waals surface area (Å²) >= 11 is 0. The van der Waals surface area contributed by atoms with Gasteiger partial charge in [0, 0.05) is 34.1 Å². The summed E-state index contributed by atoms with van der Waals surface area (Å²) in [5.41, 5.74) is 12.1. The monoisotopic (exact) mass is 548 g/mol. The molecule has 2 aliphatic heterocycles. The lowest BCUT2D eigenvalue weighted by Crippen LogP contribution is -2.61. The molecule has 43 heavy (non-hydrogen) atoms.